The summed E-state index contributed by atoms with van der Waals surface area (Å²) in [5.41, 5.74) is 1.49. The van der Waals surface area contributed by atoms with E-state index in [9.17, 15) is 9.59 Å². The highest BCUT2D eigenvalue weighted by molar-refractivity contribution is 5.68. The normalized spacial score (nSPS) is 12.8. The first-order chi connectivity index (χ1) is 9.23. The molecule has 0 radical (unpaired) electrons. The van der Waals surface area contributed by atoms with Gasteiger partial charge in [-0.05, 0) is 39.7 Å². The first kappa shape index (κ1) is 16.2. The molecule has 0 aliphatic heterocycles. The number of hydrogen-bond acceptors (Lipinski definition) is 4. The number of nitrogens with one attached hydrogen (secondary N) is 1. The first-order valence-corrected chi connectivity index (χ1v) is 6.62. The summed E-state index contributed by atoms with van der Waals surface area (Å²) in [7, 11) is 1.85. The molecule has 0 aliphatic rings. The van der Waals surface area contributed by atoms with Crippen molar-refractivity contribution in [3.8, 4) is 0 Å². The summed E-state index contributed by atoms with van der Waals surface area (Å²) >= 11 is 0. The second-order valence-electron chi connectivity index (χ2n) is 5.86. The van der Waals surface area contributed by atoms with Gasteiger partial charge in [0, 0.05) is 25.2 Å². The van der Waals surface area contributed by atoms with Crippen LogP contribution in [0, 0.1) is 12.8 Å². The van der Waals surface area contributed by atoms with Gasteiger partial charge in [-0.2, -0.15) is 5.10 Å². The molecule has 1 atom stereocenters. The van der Waals surface area contributed by atoms with Crippen LogP contribution in [0.2, 0.25) is 0 Å². The Kier molecular flexibility index (Phi) is 5.30. The monoisotopic (exact) mass is 281 g/mol. The van der Waals surface area contributed by atoms with Crippen LogP contribution in [0.25, 0.3) is 0 Å². The highest BCUT2D eigenvalue weighted by atomic mass is 16.6. The number of amides is 1. The Morgan fingerprint density at radius 2 is 2.20 bits per heavy atom. The summed E-state index contributed by atoms with van der Waals surface area (Å²) in [6.45, 7) is 7.59. The second kappa shape index (κ2) is 6.54. The van der Waals surface area contributed by atoms with Gasteiger partial charge in [-0.1, -0.05) is 0 Å². The number of aryl methyl sites for hydroxylation is 1. The van der Waals surface area contributed by atoms with Gasteiger partial charge in [-0.15, -0.1) is 0 Å². The van der Waals surface area contributed by atoms with Crippen molar-refractivity contribution in [3.05, 3.63) is 17.5 Å². The van der Waals surface area contributed by atoms with E-state index in [2.05, 4.69) is 10.4 Å². The van der Waals surface area contributed by atoms with Crippen LogP contribution in [0.4, 0.5) is 4.79 Å². The third-order valence-corrected chi connectivity index (χ3v) is 2.92. The van der Waals surface area contributed by atoms with E-state index in [0.717, 1.165) is 17.5 Å². The third kappa shape index (κ3) is 5.03. The Hall–Kier alpha value is -1.85. The Labute approximate surface area is 119 Å². The molecule has 0 saturated carbocycles. The maximum Gasteiger partial charge on any atom is 0.407 e. The van der Waals surface area contributed by atoms with Crippen LogP contribution >= 0.6 is 0 Å². The average Bonchev–Trinajstić information content (AvgIpc) is 2.63. The zero-order chi connectivity index (χ0) is 15.3. The predicted molar refractivity (Wildman–Crippen MR) is 75.4 cm³/mol. The molecule has 6 nitrogen and oxygen atoms in total. The third-order valence-electron chi connectivity index (χ3n) is 2.92. The first-order valence-electron chi connectivity index (χ1n) is 6.62. The van der Waals surface area contributed by atoms with Crippen molar-refractivity contribution in [1.82, 2.24) is 15.1 Å². The van der Waals surface area contributed by atoms with Crippen molar-refractivity contribution in [2.24, 2.45) is 13.0 Å². The number of alkyl carbamates (subject to hydrolysis) is 1. The number of aldehydes is 1. The number of carbonyl (C=O) groups excluding carboxylic acids is 2. The molecule has 0 aromatic carbocycles. The van der Waals surface area contributed by atoms with E-state index in [0.29, 0.717) is 6.42 Å². The van der Waals surface area contributed by atoms with Crippen LogP contribution in [0.15, 0.2) is 6.20 Å². The van der Waals surface area contributed by atoms with E-state index in [-0.39, 0.29) is 12.5 Å². The number of hydrogen-bond donors (Lipinski definition) is 1. The average molecular weight is 281 g/mol. The minimum Gasteiger partial charge on any atom is -0.444 e. The summed E-state index contributed by atoms with van der Waals surface area (Å²) in [5, 5.41) is 6.75. The Morgan fingerprint density at radius 3 is 2.65 bits per heavy atom. The molecule has 0 spiro atoms. The topological polar surface area (TPSA) is 73.2 Å². The standard InChI is InChI=1S/C14H23N3O3/c1-10-12(8-16-17(10)5)6-11(9-18)7-15-13(19)20-14(2,3)4/h8-9,11H,6-7H2,1-5H3,(H,15,19)/t11-/m1/s1. The molecular formula is C14H23N3O3. The molecule has 1 aromatic heterocycles. The molecule has 6 heteroatoms. The van der Waals surface area contributed by atoms with Crippen LogP contribution in [0.5, 0.6) is 0 Å². The maximum atomic E-state index is 11.5. The van der Waals surface area contributed by atoms with Gasteiger partial charge in [0.05, 0.1) is 6.20 Å². The molecule has 20 heavy (non-hydrogen) atoms. The smallest absolute Gasteiger partial charge is 0.407 e. The fourth-order valence-corrected chi connectivity index (χ4v) is 1.72. The zero-order valence-electron chi connectivity index (χ0n) is 12.8. The maximum absolute atomic E-state index is 11.5. The highest BCUT2D eigenvalue weighted by Crippen LogP contribution is 2.11. The van der Waals surface area contributed by atoms with Crippen molar-refractivity contribution >= 4 is 12.4 Å². The van der Waals surface area contributed by atoms with Crippen LogP contribution in [-0.2, 0) is 23.0 Å². The van der Waals surface area contributed by atoms with E-state index >= 15 is 0 Å². The van der Waals surface area contributed by atoms with Crippen LogP contribution in [0.3, 0.4) is 0 Å². The lowest BCUT2D eigenvalue weighted by atomic mass is 10.0. The lowest BCUT2D eigenvalue weighted by Gasteiger charge is -2.20. The van der Waals surface area contributed by atoms with Gasteiger partial charge in [0.2, 0.25) is 0 Å². The summed E-state index contributed by atoms with van der Waals surface area (Å²) < 4.78 is 6.89. The molecule has 0 unspecified atom stereocenters. The number of nitrogens with zero attached hydrogens (tertiary/aromatic N) is 2. The van der Waals surface area contributed by atoms with Gasteiger partial charge in [0.25, 0.3) is 0 Å². The molecule has 0 bridgehead atoms. The van der Waals surface area contributed by atoms with Crippen molar-refractivity contribution in [1.29, 1.82) is 0 Å². The predicted octanol–water partition coefficient (Wildman–Crippen LogP) is 1.61. The molecule has 0 aliphatic carbocycles. The summed E-state index contributed by atoms with van der Waals surface area (Å²) in [5.74, 6) is -0.287. The van der Waals surface area contributed by atoms with E-state index < -0.39 is 11.7 Å². The van der Waals surface area contributed by atoms with Gasteiger partial charge >= 0.3 is 6.09 Å². The van der Waals surface area contributed by atoms with Crippen LogP contribution in [-0.4, -0.2) is 34.3 Å². The molecule has 1 amide bonds. The van der Waals surface area contributed by atoms with Crippen LogP contribution in [0.1, 0.15) is 32.0 Å². The summed E-state index contributed by atoms with van der Waals surface area (Å²) in [6.07, 6.45) is 2.65. The van der Waals surface area contributed by atoms with Crippen molar-refractivity contribution in [3.63, 3.8) is 0 Å². The van der Waals surface area contributed by atoms with Gasteiger partial charge in [-0.25, -0.2) is 4.79 Å². The summed E-state index contributed by atoms with van der Waals surface area (Å²) in [6, 6.07) is 0. The number of ether oxygens (including phenoxy) is 1. The van der Waals surface area contributed by atoms with E-state index in [1.54, 1.807) is 31.6 Å². The van der Waals surface area contributed by atoms with Gasteiger partial charge in [-0.3, -0.25) is 4.68 Å². The molecule has 1 heterocycles. The second-order valence-corrected chi connectivity index (χ2v) is 5.86. The zero-order valence-corrected chi connectivity index (χ0v) is 12.8. The quantitative estimate of drug-likeness (QED) is 0.832. The summed E-state index contributed by atoms with van der Waals surface area (Å²) in [4.78, 5) is 22.6. The van der Waals surface area contributed by atoms with Crippen molar-refractivity contribution < 1.29 is 14.3 Å². The lowest BCUT2D eigenvalue weighted by Crippen LogP contribution is -2.36. The fraction of sp³-hybridized carbons (Fsp3) is 0.643. The Balaban J connectivity index is 2.50. The van der Waals surface area contributed by atoms with E-state index in [4.69, 9.17) is 4.74 Å². The Morgan fingerprint density at radius 1 is 1.55 bits per heavy atom. The molecule has 0 saturated heterocycles. The van der Waals surface area contributed by atoms with Crippen LogP contribution < -0.4 is 5.32 Å². The molecule has 1 rings (SSSR count). The van der Waals surface area contributed by atoms with Gasteiger partial charge in [0.15, 0.2) is 0 Å². The lowest BCUT2D eigenvalue weighted by molar-refractivity contribution is -0.110. The minimum atomic E-state index is -0.541. The van der Waals surface area contributed by atoms with Crippen molar-refractivity contribution in [2.75, 3.05) is 6.54 Å². The van der Waals surface area contributed by atoms with E-state index in [1.807, 2.05) is 14.0 Å². The number of carbonyl (C=O) groups is 2. The van der Waals surface area contributed by atoms with Gasteiger partial charge in [0.1, 0.15) is 11.9 Å². The molecular weight excluding hydrogens is 258 g/mol. The largest absolute Gasteiger partial charge is 0.444 e. The molecule has 0 fully saturated rings. The molecule has 1 N–H and O–H groups in total. The number of rotatable bonds is 5. The van der Waals surface area contributed by atoms with Crippen molar-refractivity contribution in [2.45, 2.75) is 39.7 Å². The fourth-order valence-electron chi connectivity index (χ4n) is 1.72. The Bertz CT molecular complexity index is 474. The number of aromatic nitrogens is 2. The van der Waals surface area contributed by atoms with Gasteiger partial charge < -0.3 is 14.8 Å². The minimum absolute atomic E-state index is 0.257. The SMILES string of the molecule is Cc1c(C[C@@H](C=O)CNC(=O)OC(C)(C)C)cnn1C. The highest BCUT2D eigenvalue weighted by Gasteiger charge is 2.18. The molecule has 1 aromatic rings. The molecule has 112 valence electrons. The van der Waals surface area contributed by atoms with E-state index in [1.165, 1.54) is 0 Å².